The predicted molar refractivity (Wildman–Crippen MR) is 90.7 cm³/mol. The maximum absolute atomic E-state index is 6.23. The van der Waals surface area contributed by atoms with Crippen LogP contribution >= 0.6 is 0 Å². The van der Waals surface area contributed by atoms with Crippen LogP contribution in [-0.4, -0.2) is 18.3 Å². The van der Waals surface area contributed by atoms with Crippen LogP contribution in [0.3, 0.4) is 0 Å². The molecule has 0 radical (unpaired) electrons. The second-order valence-electron chi connectivity index (χ2n) is 8.38. The molecule has 2 atom stereocenters. The molecule has 2 nitrogen and oxygen atoms in total. The standard InChI is InChI=1S/C19H27BO2/c1-18(2)19(3,4)22-20(21-18)15-10-11-16-13-6-5-7-14(9-8-13)17(16)12-15/h10-14H,5-9H2,1-4H3. The van der Waals surface area contributed by atoms with Crippen molar-refractivity contribution in [3.63, 3.8) is 0 Å². The van der Waals surface area contributed by atoms with E-state index in [1.54, 1.807) is 11.1 Å². The predicted octanol–water partition coefficient (Wildman–Crippen LogP) is 4.13. The maximum Gasteiger partial charge on any atom is 0.494 e. The lowest BCUT2D eigenvalue weighted by molar-refractivity contribution is 0.00578. The van der Waals surface area contributed by atoms with Crippen LogP contribution in [0.1, 0.15) is 82.8 Å². The van der Waals surface area contributed by atoms with E-state index < -0.39 is 0 Å². The Kier molecular flexibility index (Phi) is 3.26. The highest BCUT2D eigenvalue weighted by Crippen LogP contribution is 2.47. The number of hydrogen-bond donors (Lipinski definition) is 0. The van der Waals surface area contributed by atoms with Crippen LogP contribution in [0.2, 0.25) is 0 Å². The summed E-state index contributed by atoms with van der Waals surface area (Å²) < 4.78 is 12.5. The zero-order valence-electron chi connectivity index (χ0n) is 14.3. The summed E-state index contributed by atoms with van der Waals surface area (Å²) in [5.41, 5.74) is 3.87. The molecule has 118 valence electrons. The highest BCUT2D eigenvalue weighted by Gasteiger charge is 2.51. The minimum Gasteiger partial charge on any atom is -0.399 e. The van der Waals surface area contributed by atoms with Crippen molar-refractivity contribution in [1.29, 1.82) is 0 Å². The van der Waals surface area contributed by atoms with Gasteiger partial charge in [0.1, 0.15) is 0 Å². The SMILES string of the molecule is CC1(C)OB(c2ccc3c(c2)C2CCCC3CC2)OC1(C)C. The van der Waals surface area contributed by atoms with E-state index in [1.165, 1.54) is 37.6 Å². The molecule has 1 saturated heterocycles. The minimum atomic E-state index is -0.260. The van der Waals surface area contributed by atoms with Gasteiger partial charge in [-0.2, -0.15) is 0 Å². The van der Waals surface area contributed by atoms with Gasteiger partial charge in [-0.25, -0.2) is 0 Å². The molecule has 2 unspecified atom stereocenters. The number of rotatable bonds is 1. The Morgan fingerprint density at radius 1 is 0.864 bits per heavy atom. The highest BCUT2D eigenvalue weighted by molar-refractivity contribution is 6.62. The third-order valence-electron chi connectivity index (χ3n) is 6.48. The summed E-state index contributed by atoms with van der Waals surface area (Å²) in [4.78, 5) is 0. The molecular weight excluding hydrogens is 271 g/mol. The fraction of sp³-hybridized carbons (Fsp3) is 0.684. The van der Waals surface area contributed by atoms with E-state index >= 15 is 0 Å². The third-order valence-corrected chi connectivity index (χ3v) is 6.48. The molecule has 1 heterocycles. The molecule has 4 aliphatic rings. The number of fused-ring (bicyclic) bond motifs is 3. The van der Waals surface area contributed by atoms with E-state index in [-0.39, 0.29) is 18.3 Å². The van der Waals surface area contributed by atoms with Gasteiger partial charge in [-0.3, -0.25) is 0 Å². The quantitative estimate of drug-likeness (QED) is 0.726. The van der Waals surface area contributed by atoms with Gasteiger partial charge in [0, 0.05) is 0 Å². The van der Waals surface area contributed by atoms with Crippen molar-refractivity contribution in [3.05, 3.63) is 29.3 Å². The van der Waals surface area contributed by atoms with E-state index in [1.807, 2.05) is 0 Å². The number of hydrogen-bond acceptors (Lipinski definition) is 2. The average Bonchev–Trinajstić information content (AvgIpc) is 2.70. The van der Waals surface area contributed by atoms with Crippen molar-refractivity contribution in [1.82, 2.24) is 0 Å². The molecule has 5 rings (SSSR count). The first kappa shape index (κ1) is 14.8. The van der Waals surface area contributed by atoms with Gasteiger partial charge in [0.25, 0.3) is 0 Å². The highest BCUT2D eigenvalue weighted by atomic mass is 16.7. The van der Waals surface area contributed by atoms with Gasteiger partial charge >= 0.3 is 7.12 Å². The molecule has 0 amide bonds. The van der Waals surface area contributed by atoms with Gasteiger partial charge in [0.15, 0.2) is 0 Å². The van der Waals surface area contributed by atoms with Crippen molar-refractivity contribution in [2.75, 3.05) is 0 Å². The third kappa shape index (κ3) is 2.17. The van der Waals surface area contributed by atoms with Crippen molar-refractivity contribution in [2.24, 2.45) is 0 Å². The van der Waals surface area contributed by atoms with Gasteiger partial charge in [-0.15, -0.1) is 0 Å². The van der Waals surface area contributed by atoms with Crippen LogP contribution in [0.4, 0.5) is 0 Å². The second-order valence-corrected chi connectivity index (χ2v) is 8.38. The summed E-state index contributed by atoms with van der Waals surface area (Å²) in [7, 11) is -0.225. The maximum atomic E-state index is 6.23. The van der Waals surface area contributed by atoms with E-state index in [9.17, 15) is 0 Å². The molecule has 3 heteroatoms. The van der Waals surface area contributed by atoms with Gasteiger partial charge in [0.2, 0.25) is 0 Å². The first-order valence-electron chi connectivity index (χ1n) is 8.87. The summed E-state index contributed by atoms with van der Waals surface area (Å²) in [6, 6.07) is 6.99. The molecule has 2 bridgehead atoms. The molecule has 1 aliphatic heterocycles. The van der Waals surface area contributed by atoms with E-state index in [0.29, 0.717) is 0 Å². The average molecular weight is 298 g/mol. The molecule has 1 saturated carbocycles. The summed E-state index contributed by atoms with van der Waals surface area (Å²) in [5, 5.41) is 0. The van der Waals surface area contributed by atoms with Crippen LogP contribution < -0.4 is 5.46 Å². The van der Waals surface area contributed by atoms with E-state index in [4.69, 9.17) is 9.31 Å². The summed E-state index contributed by atoms with van der Waals surface area (Å²) in [6.07, 6.45) is 6.86. The molecule has 1 aromatic carbocycles. The molecular formula is C19H27BO2. The summed E-state index contributed by atoms with van der Waals surface area (Å²) in [5.74, 6) is 1.55. The van der Waals surface area contributed by atoms with Crippen LogP contribution in [0.15, 0.2) is 18.2 Å². The first-order valence-corrected chi connectivity index (χ1v) is 8.87. The fourth-order valence-corrected chi connectivity index (χ4v) is 4.37. The monoisotopic (exact) mass is 298 g/mol. The number of benzene rings is 1. The van der Waals surface area contributed by atoms with Crippen LogP contribution in [0.5, 0.6) is 0 Å². The topological polar surface area (TPSA) is 18.5 Å². The zero-order valence-corrected chi connectivity index (χ0v) is 14.3. The Labute approximate surface area is 134 Å². The Morgan fingerprint density at radius 3 is 2.09 bits per heavy atom. The molecule has 2 fully saturated rings. The van der Waals surface area contributed by atoms with E-state index in [0.717, 1.165) is 11.8 Å². The normalized spacial score (nSPS) is 31.9. The lowest BCUT2D eigenvalue weighted by atomic mass is 9.72. The molecule has 0 N–H and O–H groups in total. The summed E-state index contributed by atoms with van der Waals surface area (Å²) >= 11 is 0. The molecule has 1 aromatic rings. The Morgan fingerprint density at radius 2 is 1.45 bits per heavy atom. The van der Waals surface area contributed by atoms with Gasteiger partial charge in [-0.1, -0.05) is 24.6 Å². The van der Waals surface area contributed by atoms with Crippen molar-refractivity contribution >= 4 is 12.6 Å². The zero-order chi connectivity index (χ0) is 15.5. The minimum absolute atomic E-state index is 0.225. The van der Waals surface area contributed by atoms with Crippen LogP contribution in [-0.2, 0) is 9.31 Å². The van der Waals surface area contributed by atoms with E-state index in [2.05, 4.69) is 45.9 Å². The lowest BCUT2D eigenvalue weighted by Gasteiger charge is -2.32. The smallest absolute Gasteiger partial charge is 0.399 e. The van der Waals surface area contributed by atoms with Gasteiger partial charge in [-0.05, 0) is 81.8 Å². The Bertz CT molecular complexity index is 573. The van der Waals surface area contributed by atoms with Crippen LogP contribution in [0.25, 0.3) is 0 Å². The molecule has 22 heavy (non-hydrogen) atoms. The van der Waals surface area contributed by atoms with Crippen molar-refractivity contribution < 1.29 is 9.31 Å². The van der Waals surface area contributed by atoms with Crippen molar-refractivity contribution in [2.45, 2.75) is 82.8 Å². The molecule has 0 spiro atoms. The molecule has 3 aliphatic carbocycles. The lowest BCUT2D eigenvalue weighted by Crippen LogP contribution is -2.41. The second kappa shape index (κ2) is 4.85. The van der Waals surface area contributed by atoms with Gasteiger partial charge < -0.3 is 9.31 Å². The molecule has 0 aromatic heterocycles. The van der Waals surface area contributed by atoms with Gasteiger partial charge in [0.05, 0.1) is 11.2 Å². The Hall–Kier alpha value is -0.795. The van der Waals surface area contributed by atoms with Crippen molar-refractivity contribution in [3.8, 4) is 0 Å². The Balaban J connectivity index is 1.69. The fourth-order valence-electron chi connectivity index (χ4n) is 4.37. The first-order chi connectivity index (χ1) is 10.4. The van der Waals surface area contributed by atoms with Crippen LogP contribution in [0, 0.1) is 0 Å². The largest absolute Gasteiger partial charge is 0.494 e. The summed E-state index contributed by atoms with van der Waals surface area (Å²) in [6.45, 7) is 8.49.